The summed E-state index contributed by atoms with van der Waals surface area (Å²) in [5, 5.41) is 0.819. The first-order chi connectivity index (χ1) is 9.43. The molecule has 2 nitrogen and oxygen atoms in total. The zero-order valence-electron chi connectivity index (χ0n) is 10.8. The van der Waals surface area contributed by atoms with Crippen molar-refractivity contribution >= 4 is 33.3 Å². The van der Waals surface area contributed by atoms with E-state index < -0.39 is 11.7 Å². The minimum atomic E-state index is -4.41. The van der Waals surface area contributed by atoms with Crippen LogP contribution in [0, 0.1) is 0 Å². The van der Waals surface area contributed by atoms with Gasteiger partial charge >= 0.3 is 6.18 Å². The molecule has 0 aromatic carbocycles. The molecule has 112 valence electrons. The van der Waals surface area contributed by atoms with Gasteiger partial charge in [0, 0.05) is 24.1 Å². The fourth-order valence-electron chi connectivity index (χ4n) is 2.41. The van der Waals surface area contributed by atoms with Crippen LogP contribution in [0.5, 0.6) is 0 Å². The highest BCUT2D eigenvalue weighted by atomic mass is 79.9. The zero-order valence-corrected chi connectivity index (χ0v) is 13.1. The lowest BCUT2D eigenvalue weighted by Gasteiger charge is -2.30. The number of aromatic nitrogens is 1. The maximum absolute atomic E-state index is 12.6. The van der Waals surface area contributed by atoms with E-state index in [0.717, 1.165) is 49.8 Å². The molecular formula is C13H15BrClF3N2. The molecule has 0 spiro atoms. The minimum Gasteiger partial charge on any atom is -0.352 e. The number of anilines is 1. The number of hydrogen-bond donors (Lipinski definition) is 0. The molecule has 1 aliphatic rings. The zero-order chi connectivity index (χ0) is 14.8. The molecule has 1 aromatic rings. The summed E-state index contributed by atoms with van der Waals surface area (Å²) in [4.78, 5) is 5.98. The first kappa shape index (κ1) is 15.9. The van der Waals surface area contributed by atoms with E-state index in [1.807, 2.05) is 4.90 Å². The SMILES string of the molecule is FC(F)(F)c1cnc(N2CCCCCC2CBr)c(Cl)c1. The molecule has 0 N–H and O–H groups in total. The van der Waals surface area contributed by atoms with E-state index in [0.29, 0.717) is 5.82 Å². The predicted octanol–water partition coefficient (Wildman–Crippen LogP) is 4.90. The molecule has 20 heavy (non-hydrogen) atoms. The molecule has 0 aliphatic carbocycles. The Labute approximate surface area is 129 Å². The lowest BCUT2D eigenvalue weighted by Crippen LogP contribution is -2.37. The molecule has 1 unspecified atom stereocenters. The molecule has 1 aliphatic heterocycles. The van der Waals surface area contributed by atoms with E-state index in [4.69, 9.17) is 11.6 Å². The van der Waals surface area contributed by atoms with Crippen molar-refractivity contribution in [1.29, 1.82) is 0 Å². The lowest BCUT2D eigenvalue weighted by atomic mass is 10.1. The van der Waals surface area contributed by atoms with Crippen LogP contribution in [-0.2, 0) is 6.18 Å². The molecule has 0 bridgehead atoms. The Balaban J connectivity index is 2.31. The van der Waals surface area contributed by atoms with E-state index in [1.165, 1.54) is 0 Å². The summed E-state index contributed by atoms with van der Waals surface area (Å²) < 4.78 is 37.9. The van der Waals surface area contributed by atoms with Crippen LogP contribution in [-0.4, -0.2) is 22.9 Å². The topological polar surface area (TPSA) is 16.1 Å². The van der Waals surface area contributed by atoms with Gasteiger partial charge in [-0.15, -0.1) is 0 Å². The quantitative estimate of drug-likeness (QED) is 0.688. The fourth-order valence-corrected chi connectivity index (χ4v) is 3.36. The highest BCUT2D eigenvalue weighted by Crippen LogP contribution is 2.35. The van der Waals surface area contributed by atoms with Crippen LogP contribution in [0.1, 0.15) is 31.2 Å². The smallest absolute Gasteiger partial charge is 0.352 e. The first-order valence-electron chi connectivity index (χ1n) is 6.49. The summed E-state index contributed by atoms with van der Waals surface area (Å²) in [6.07, 6.45) is 0.677. The molecular weight excluding hydrogens is 357 g/mol. The van der Waals surface area contributed by atoms with Crippen molar-refractivity contribution in [2.75, 3.05) is 16.8 Å². The molecule has 1 aromatic heterocycles. The van der Waals surface area contributed by atoms with Gasteiger partial charge in [-0.3, -0.25) is 0 Å². The fraction of sp³-hybridized carbons (Fsp3) is 0.615. The molecule has 1 atom stereocenters. The summed E-state index contributed by atoms with van der Waals surface area (Å²) >= 11 is 9.49. The molecule has 2 rings (SSSR count). The van der Waals surface area contributed by atoms with Gasteiger partial charge in [0.2, 0.25) is 0 Å². The van der Waals surface area contributed by atoms with Crippen LogP contribution >= 0.6 is 27.5 Å². The third-order valence-electron chi connectivity index (χ3n) is 3.48. The van der Waals surface area contributed by atoms with Crippen LogP contribution in [0.25, 0.3) is 0 Å². The minimum absolute atomic E-state index is 0.0627. The van der Waals surface area contributed by atoms with Crippen molar-refractivity contribution in [2.45, 2.75) is 37.9 Å². The Morgan fingerprint density at radius 1 is 1.35 bits per heavy atom. The van der Waals surface area contributed by atoms with E-state index >= 15 is 0 Å². The summed E-state index contributed by atoms with van der Waals surface area (Å²) in [5.74, 6) is 0.450. The summed E-state index contributed by atoms with van der Waals surface area (Å²) in [5.41, 5.74) is -0.809. The van der Waals surface area contributed by atoms with Gasteiger partial charge in [0.05, 0.1) is 10.6 Å². The molecule has 1 saturated heterocycles. The van der Waals surface area contributed by atoms with Crippen molar-refractivity contribution < 1.29 is 13.2 Å². The van der Waals surface area contributed by atoms with Gasteiger partial charge in [-0.25, -0.2) is 4.98 Å². The van der Waals surface area contributed by atoms with Crippen molar-refractivity contribution in [1.82, 2.24) is 4.98 Å². The molecule has 0 radical (unpaired) electrons. The average molecular weight is 372 g/mol. The van der Waals surface area contributed by atoms with Crippen molar-refractivity contribution in [3.8, 4) is 0 Å². The van der Waals surface area contributed by atoms with Gasteiger partial charge in [0.15, 0.2) is 0 Å². The van der Waals surface area contributed by atoms with Gasteiger partial charge in [-0.1, -0.05) is 40.4 Å². The highest BCUT2D eigenvalue weighted by molar-refractivity contribution is 9.09. The van der Waals surface area contributed by atoms with Crippen molar-refractivity contribution in [3.63, 3.8) is 0 Å². The number of alkyl halides is 4. The van der Waals surface area contributed by atoms with E-state index in [1.54, 1.807) is 0 Å². The second-order valence-electron chi connectivity index (χ2n) is 4.88. The van der Waals surface area contributed by atoms with Crippen LogP contribution in [0.3, 0.4) is 0 Å². The second kappa shape index (κ2) is 6.52. The van der Waals surface area contributed by atoms with Crippen LogP contribution in [0.15, 0.2) is 12.3 Å². The Morgan fingerprint density at radius 2 is 2.10 bits per heavy atom. The van der Waals surface area contributed by atoms with Crippen LogP contribution in [0.2, 0.25) is 5.02 Å². The van der Waals surface area contributed by atoms with Crippen molar-refractivity contribution in [2.24, 2.45) is 0 Å². The number of halogens is 5. The third-order valence-corrected chi connectivity index (χ3v) is 4.50. The highest BCUT2D eigenvalue weighted by Gasteiger charge is 2.32. The van der Waals surface area contributed by atoms with Gasteiger partial charge in [0.1, 0.15) is 5.82 Å². The van der Waals surface area contributed by atoms with Gasteiger partial charge in [0.25, 0.3) is 0 Å². The molecule has 0 saturated carbocycles. The second-order valence-corrected chi connectivity index (χ2v) is 5.93. The Bertz CT molecular complexity index is 467. The maximum Gasteiger partial charge on any atom is 0.417 e. The van der Waals surface area contributed by atoms with E-state index in [-0.39, 0.29) is 11.1 Å². The average Bonchev–Trinajstić information content (AvgIpc) is 2.62. The normalized spacial score (nSPS) is 20.9. The van der Waals surface area contributed by atoms with Crippen LogP contribution < -0.4 is 4.90 Å². The number of hydrogen-bond acceptors (Lipinski definition) is 2. The van der Waals surface area contributed by atoms with E-state index in [9.17, 15) is 13.2 Å². The van der Waals surface area contributed by atoms with Gasteiger partial charge < -0.3 is 4.90 Å². The first-order valence-corrected chi connectivity index (χ1v) is 7.98. The lowest BCUT2D eigenvalue weighted by molar-refractivity contribution is -0.137. The summed E-state index contributed by atoms with van der Waals surface area (Å²) in [6, 6.07) is 1.18. The maximum atomic E-state index is 12.6. The van der Waals surface area contributed by atoms with Gasteiger partial charge in [-0.05, 0) is 18.9 Å². The molecule has 7 heteroatoms. The molecule has 2 heterocycles. The largest absolute Gasteiger partial charge is 0.417 e. The summed E-state index contributed by atoms with van der Waals surface area (Å²) in [7, 11) is 0. The number of rotatable bonds is 2. The predicted molar refractivity (Wildman–Crippen MR) is 77.6 cm³/mol. The van der Waals surface area contributed by atoms with Crippen molar-refractivity contribution in [3.05, 3.63) is 22.8 Å². The molecule has 1 fully saturated rings. The van der Waals surface area contributed by atoms with Crippen LogP contribution in [0.4, 0.5) is 19.0 Å². The standard InChI is InChI=1S/C13H15BrClF3N2/c14-7-10-4-2-1-3-5-20(10)12-11(15)6-9(8-19-12)13(16,17)18/h6,8,10H,1-5,7H2. The number of pyridine rings is 1. The van der Waals surface area contributed by atoms with E-state index in [2.05, 4.69) is 20.9 Å². The molecule has 0 amide bonds. The number of nitrogens with zero attached hydrogens (tertiary/aromatic N) is 2. The monoisotopic (exact) mass is 370 g/mol. The Morgan fingerprint density at radius 3 is 2.70 bits per heavy atom. The van der Waals surface area contributed by atoms with Gasteiger partial charge in [-0.2, -0.15) is 13.2 Å². The summed E-state index contributed by atoms with van der Waals surface area (Å²) in [6.45, 7) is 0.772. The Hall–Kier alpha value is -0.490. The Kier molecular flexibility index (Phi) is 5.18. The third kappa shape index (κ3) is 3.58.